The van der Waals surface area contributed by atoms with E-state index in [0.29, 0.717) is 24.0 Å². The fourth-order valence-corrected chi connectivity index (χ4v) is 3.60. The number of rotatable bonds is 3. The summed E-state index contributed by atoms with van der Waals surface area (Å²) in [4.78, 5) is 26.5. The number of amides is 1. The van der Waals surface area contributed by atoms with Gasteiger partial charge in [-0.25, -0.2) is 0 Å². The number of para-hydroxylation sites is 1. The molecule has 2 atom stereocenters. The van der Waals surface area contributed by atoms with Crippen LogP contribution in [0.1, 0.15) is 11.5 Å². The van der Waals surface area contributed by atoms with Crippen LogP contribution in [0.15, 0.2) is 65.6 Å². The minimum absolute atomic E-state index is 0.0415. The monoisotopic (exact) mass is 348 g/mol. The van der Waals surface area contributed by atoms with Crippen LogP contribution >= 0.6 is 0 Å². The second-order valence-electron chi connectivity index (χ2n) is 6.66. The van der Waals surface area contributed by atoms with Gasteiger partial charge in [0, 0.05) is 30.4 Å². The van der Waals surface area contributed by atoms with Crippen LogP contribution in [0.3, 0.4) is 0 Å². The molecule has 6 heteroatoms. The number of hydrogen-bond donors (Lipinski definition) is 1. The molecule has 1 aliphatic rings. The normalized spacial score (nSPS) is 19.8. The number of benzene rings is 2. The summed E-state index contributed by atoms with van der Waals surface area (Å²) < 4.78 is 1.58. The molecule has 2 N–H and O–H groups in total. The summed E-state index contributed by atoms with van der Waals surface area (Å²) >= 11 is 0. The van der Waals surface area contributed by atoms with Gasteiger partial charge < -0.3 is 10.6 Å². The predicted molar refractivity (Wildman–Crippen MR) is 99.7 cm³/mol. The van der Waals surface area contributed by atoms with E-state index in [1.54, 1.807) is 27.8 Å². The molecule has 132 valence electrons. The Kier molecular flexibility index (Phi) is 4.26. The molecule has 0 unspecified atom stereocenters. The quantitative estimate of drug-likeness (QED) is 0.775. The summed E-state index contributed by atoms with van der Waals surface area (Å²) in [5, 5.41) is 4.70. The number of nitrogens with two attached hydrogens (primary N) is 1. The molecule has 0 radical (unpaired) electrons. The second kappa shape index (κ2) is 6.72. The molecule has 26 heavy (non-hydrogen) atoms. The van der Waals surface area contributed by atoms with Crippen LogP contribution in [0, 0.1) is 0 Å². The van der Waals surface area contributed by atoms with Crippen molar-refractivity contribution in [2.45, 2.75) is 18.5 Å². The molecule has 6 nitrogen and oxygen atoms in total. The molecular weight excluding hydrogens is 328 g/mol. The molecule has 2 aromatic carbocycles. The summed E-state index contributed by atoms with van der Waals surface area (Å²) in [6.07, 6.45) is 1.26. The fraction of sp³-hybridized carbons (Fsp3) is 0.250. The van der Waals surface area contributed by atoms with Crippen molar-refractivity contribution in [3.05, 3.63) is 76.6 Å². The van der Waals surface area contributed by atoms with E-state index >= 15 is 0 Å². The van der Waals surface area contributed by atoms with Gasteiger partial charge in [0.1, 0.15) is 6.54 Å². The molecule has 0 saturated carbocycles. The number of carbonyl (C=O) groups is 1. The number of nitrogens with zero attached hydrogens (tertiary/aromatic N) is 3. The van der Waals surface area contributed by atoms with Crippen molar-refractivity contribution in [3.8, 4) is 0 Å². The molecule has 1 amide bonds. The van der Waals surface area contributed by atoms with Gasteiger partial charge >= 0.3 is 0 Å². The van der Waals surface area contributed by atoms with Gasteiger partial charge in [0.15, 0.2) is 0 Å². The van der Waals surface area contributed by atoms with Gasteiger partial charge in [0.25, 0.3) is 0 Å². The summed E-state index contributed by atoms with van der Waals surface area (Å²) in [7, 11) is 0. The van der Waals surface area contributed by atoms with Crippen molar-refractivity contribution < 1.29 is 4.79 Å². The molecule has 0 spiro atoms. The van der Waals surface area contributed by atoms with E-state index in [1.807, 2.05) is 24.3 Å². The van der Waals surface area contributed by atoms with E-state index in [4.69, 9.17) is 5.73 Å². The Morgan fingerprint density at radius 1 is 1.08 bits per heavy atom. The Bertz CT molecular complexity index is 999. The third-order valence-electron chi connectivity index (χ3n) is 4.99. The molecule has 3 aromatic rings. The predicted octanol–water partition coefficient (Wildman–Crippen LogP) is 1.35. The average Bonchev–Trinajstić information content (AvgIpc) is 3.07. The van der Waals surface area contributed by atoms with Crippen LogP contribution < -0.4 is 11.2 Å². The number of aromatic nitrogens is 2. The highest BCUT2D eigenvalue weighted by atomic mass is 16.2. The van der Waals surface area contributed by atoms with Crippen LogP contribution in [0.2, 0.25) is 0 Å². The molecule has 1 aliphatic heterocycles. The van der Waals surface area contributed by atoms with Crippen LogP contribution in [0.4, 0.5) is 0 Å². The van der Waals surface area contributed by atoms with E-state index in [2.05, 4.69) is 17.2 Å². The molecule has 0 bridgehead atoms. The first kappa shape index (κ1) is 16.5. The standard InChI is InChI=1S/C20H20N4O2/c21-17-12-23(11-16(17)14-6-2-1-3-7-14)20(26)13-24-18-9-5-4-8-15(18)19(25)10-22-24/h1-10,16-17H,11-13,21H2/t16-,17+/m0/s1. The Hall–Kier alpha value is -2.99. The summed E-state index contributed by atoms with van der Waals surface area (Å²) in [6.45, 7) is 1.22. The topological polar surface area (TPSA) is 81.2 Å². The van der Waals surface area contributed by atoms with Crippen molar-refractivity contribution in [1.29, 1.82) is 0 Å². The van der Waals surface area contributed by atoms with Crippen molar-refractivity contribution in [1.82, 2.24) is 14.7 Å². The first-order valence-corrected chi connectivity index (χ1v) is 8.66. The lowest BCUT2D eigenvalue weighted by Crippen LogP contribution is -2.35. The van der Waals surface area contributed by atoms with E-state index in [9.17, 15) is 9.59 Å². The summed E-state index contributed by atoms with van der Waals surface area (Å²) in [6, 6.07) is 17.2. The van der Waals surface area contributed by atoms with Gasteiger partial charge in [-0.05, 0) is 17.7 Å². The van der Waals surface area contributed by atoms with Gasteiger partial charge in [-0.15, -0.1) is 0 Å². The third kappa shape index (κ3) is 2.99. The van der Waals surface area contributed by atoms with Crippen LogP contribution in [0.5, 0.6) is 0 Å². The lowest BCUT2D eigenvalue weighted by atomic mass is 9.95. The van der Waals surface area contributed by atoms with E-state index in [1.165, 1.54) is 6.20 Å². The lowest BCUT2D eigenvalue weighted by molar-refractivity contribution is -0.131. The maximum Gasteiger partial charge on any atom is 0.244 e. The van der Waals surface area contributed by atoms with E-state index < -0.39 is 0 Å². The number of carbonyl (C=O) groups excluding carboxylic acids is 1. The van der Waals surface area contributed by atoms with Crippen LogP contribution in [-0.4, -0.2) is 39.7 Å². The Morgan fingerprint density at radius 2 is 1.81 bits per heavy atom. The SMILES string of the molecule is N[C@@H]1CN(C(=O)Cn2ncc(=O)c3ccccc32)C[C@H]1c1ccccc1. The third-order valence-corrected chi connectivity index (χ3v) is 4.99. The maximum absolute atomic E-state index is 12.8. The summed E-state index contributed by atoms with van der Waals surface area (Å²) in [5.74, 6) is 0.0963. The average molecular weight is 348 g/mol. The molecule has 1 saturated heterocycles. The molecule has 1 aromatic heterocycles. The van der Waals surface area contributed by atoms with Crippen molar-refractivity contribution in [2.24, 2.45) is 5.73 Å². The Labute approximate surface area is 150 Å². The smallest absolute Gasteiger partial charge is 0.244 e. The first-order valence-electron chi connectivity index (χ1n) is 8.66. The number of hydrogen-bond acceptors (Lipinski definition) is 4. The van der Waals surface area contributed by atoms with Crippen LogP contribution in [-0.2, 0) is 11.3 Å². The minimum Gasteiger partial charge on any atom is -0.339 e. The molecule has 0 aliphatic carbocycles. The minimum atomic E-state index is -0.142. The molecular formula is C20H20N4O2. The van der Waals surface area contributed by atoms with E-state index in [0.717, 1.165) is 5.56 Å². The highest BCUT2D eigenvalue weighted by molar-refractivity contribution is 5.81. The number of likely N-dealkylation sites (tertiary alicyclic amines) is 1. The van der Waals surface area contributed by atoms with Crippen molar-refractivity contribution >= 4 is 16.8 Å². The van der Waals surface area contributed by atoms with Gasteiger partial charge in [0.2, 0.25) is 11.3 Å². The lowest BCUT2D eigenvalue weighted by Gasteiger charge is -2.18. The Morgan fingerprint density at radius 3 is 2.62 bits per heavy atom. The molecule has 4 rings (SSSR count). The van der Waals surface area contributed by atoms with Crippen molar-refractivity contribution in [2.75, 3.05) is 13.1 Å². The van der Waals surface area contributed by atoms with Gasteiger partial charge in [-0.1, -0.05) is 42.5 Å². The van der Waals surface area contributed by atoms with Gasteiger partial charge in [0.05, 0.1) is 11.7 Å². The van der Waals surface area contributed by atoms with Crippen molar-refractivity contribution in [3.63, 3.8) is 0 Å². The largest absolute Gasteiger partial charge is 0.339 e. The van der Waals surface area contributed by atoms with Gasteiger partial charge in [-0.3, -0.25) is 14.3 Å². The van der Waals surface area contributed by atoms with E-state index in [-0.39, 0.29) is 29.8 Å². The second-order valence-corrected chi connectivity index (χ2v) is 6.66. The highest BCUT2D eigenvalue weighted by Gasteiger charge is 2.33. The zero-order valence-electron chi connectivity index (χ0n) is 14.3. The van der Waals surface area contributed by atoms with Crippen LogP contribution in [0.25, 0.3) is 10.9 Å². The molecule has 1 fully saturated rings. The Balaban J connectivity index is 1.55. The molecule has 2 heterocycles. The van der Waals surface area contributed by atoms with Gasteiger partial charge in [-0.2, -0.15) is 5.10 Å². The summed E-state index contributed by atoms with van der Waals surface area (Å²) in [5.41, 5.74) is 7.96. The first-order chi connectivity index (χ1) is 12.6. The zero-order chi connectivity index (χ0) is 18.1. The fourth-order valence-electron chi connectivity index (χ4n) is 3.60. The zero-order valence-corrected chi connectivity index (χ0v) is 14.3. The number of fused-ring (bicyclic) bond motifs is 1. The highest BCUT2D eigenvalue weighted by Crippen LogP contribution is 2.26. The maximum atomic E-state index is 12.8.